The van der Waals surface area contributed by atoms with Crippen LogP contribution >= 0.6 is 0 Å². The van der Waals surface area contributed by atoms with Crippen molar-refractivity contribution < 1.29 is 28.4 Å². The quantitative estimate of drug-likeness (QED) is 0.208. The standard InChI is InChI=1S/C32H30FN7O5/c1-19-34-28(38-45-19)18-40-26-8-4-3-7-23(26)30(37-40)32(44)36-25-16-20(9-12-27(25)39-13-5-2-6-14-39)31(43)35-24-11-10-22(33)15-21(24)17-29(41)42/h3-4,7-12,15-16H,2,5-6,13-14,17-18H2,1H3,(H,35,43)(H,36,44)(H,41,42). The van der Waals surface area contributed by atoms with E-state index in [1.54, 1.807) is 29.8 Å². The molecule has 0 bridgehead atoms. The number of halogens is 1. The Morgan fingerprint density at radius 3 is 2.49 bits per heavy atom. The predicted molar refractivity (Wildman–Crippen MR) is 164 cm³/mol. The number of nitrogens with one attached hydrogen (secondary N) is 2. The summed E-state index contributed by atoms with van der Waals surface area (Å²) in [7, 11) is 0. The molecule has 3 aromatic carbocycles. The fourth-order valence-electron chi connectivity index (χ4n) is 5.51. The van der Waals surface area contributed by atoms with Crippen LogP contribution in [-0.2, 0) is 17.8 Å². The lowest BCUT2D eigenvalue weighted by Gasteiger charge is -2.30. The van der Waals surface area contributed by atoms with Gasteiger partial charge in [-0.1, -0.05) is 23.4 Å². The topological polar surface area (TPSA) is 155 Å². The minimum absolute atomic E-state index is 0.132. The molecule has 3 heterocycles. The SMILES string of the molecule is Cc1nc(Cn2nc(C(=O)Nc3cc(C(=O)Nc4ccc(F)cc4CC(=O)O)ccc3N3CCCCC3)c3ccccc32)no1. The number of carbonyl (C=O) groups excluding carboxylic acids is 2. The highest BCUT2D eigenvalue weighted by Crippen LogP contribution is 2.31. The van der Waals surface area contributed by atoms with Gasteiger partial charge in [-0.25, -0.2) is 4.39 Å². The third-order valence-corrected chi connectivity index (χ3v) is 7.59. The Morgan fingerprint density at radius 2 is 1.73 bits per heavy atom. The Bertz CT molecular complexity index is 1910. The number of aromatic nitrogens is 4. The summed E-state index contributed by atoms with van der Waals surface area (Å²) in [5.41, 5.74) is 2.63. The van der Waals surface area contributed by atoms with Gasteiger partial charge in [0.25, 0.3) is 11.8 Å². The number of anilines is 3. The van der Waals surface area contributed by atoms with E-state index in [9.17, 15) is 23.9 Å². The highest BCUT2D eigenvalue weighted by molar-refractivity contribution is 6.13. The molecule has 1 aliphatic rings. The van der Waals surface area contributed by atoms with Gasteiger partial charge in [0.1, 0.15) is 12.4 Å². The monoisotopic (exact) mass is 611 g/mol. The van der Waals surface area contributed by atoms with Gasteiger partial charge in [-0.2, -0.15) is 10.1 Å². The number of para-hydroxylation sites is 1. The smallest absolute Gasteiger partial charge is 0.307 e. The zero-order chi connectivity index (χ0) is 31.5. The first kappa shape index (κ1) is 29.5. The van der Waals surface area contributed by atoms with Crippen molar-refractivity contribution in [3.63, 3.8) is 0 Å². The molecule has 1 aliphatic heterocycles. The number of carboxylic acids is 1. The molecule has 0 unspecified atom stereocenters. The van der Waals surface area contributed by atoms with Gasteiger partial charge >= 0.3 is 5.97 Å². The van der Waals surface area contributed by atoms with E-state index in [0.717, 1.165) is 50.2 Å². The van der Waals surface area contributed by atoms with Crippen molar-refractivity contribution in [2.75, 3.05) is 28.6 Å². The molecule has 3 N–H and O–H groups in total. The van der Waals surface area contributed by atoms with Gasteiger partial charge in [0, 0.05) is 36.7 Å². The zero-order valence-electron chi connectivity index (χ0n) is 24.4. The highest BCUT2D eigenvalue weighted by atomic mass is 19.1. The first-order valence-electron chi connectivity index (χ1n) is 14.5. The van der Waals surface area contributed by atoms with E-state index < -0.39 is 30.0 Å². The van der Waals surface area contributed by atoms with E-state index >= 15 is 0 Å². The van der Waals surface area contributed by atoms with Gasteiger partial charge in [0.2, 0.25) is 5.89 Å². The number of fused-ring (bicyclic) bond motifs is 1. The van der Waals surface area contributed by atoms with Crippen LogP contribution in [-0.4, -0.2) is 55.9 Å². The second kappa shape index (κ2) is 12.6. The van der Waals surface area contributed by atoms with Crippen LogP contribution < -0.4 is 15.5 Å². The Balaban J connectivity index is 1.32. The Hall–Kier alpha value is -5.59. The number of carboxylic acid groups (broad SMARTS) is 1. The van der Waals surface area contributed by atoms with E-state index in [0.29, 0.717) is 28.3 Å². The minimum Gasteiger partial charge on any atom is -0.481 e. The number of hydrogen-bond acceptors (Lipinski definition) is 8. The van der Waals surface area contributed by atoms with Crippen LogP contribution in [0.5, 0.6) is 0 Å². The molecule has 5 aromatic rings. The summed E-state index contributed by atoms with van der Waals surface area (Å²) >= 11 is 0. The first-order valence-corrected chi connectivity index (χ1v) is 14.5. The average Bonchev–Trinajstić information content (AvgIpc) is 3.61. The molecule has 1 saturated heterocycles. The average molecular weight is 612 g/mol. The van der Waals surface area contributed by atoms with Crippen LogP contribution in [0.2, 0.25) is 0 Å². The summed E-state index contributed by atoms with van der Waals surface area (Å²) in [6, 6.07) is 15.9. The molecule has 6 rings (SSSR count). The number of carbonyl (C=O) groups is 3. The number of aliphatic carboxylic acids is 1. The number of nitrogens with zero attached hydrogens (tertiary/aromatic N) is 5. The summed E-state index contributed by atoms with van der Waals surface area (Å²) < 4.78 is 20.6. The molecule has 230 valence electrons. The first-order chi connectivity index (χ1) is 21.7. The third-order valence-electron chi connectivity index (χ3n) is 7.59. The van der Waals surface area contributed by atoms with Crippen LogP contribution in [0.15, 0.2) is 65.2 Å². The van der Waals surface area contributed by atoms with Crippen molar-refractivity contribution in [1.29, 1.82) is 0 Å². The summed E-state index contributed by atoms with van der Waals surface area (Å²) in [6.07, 6.45) is 2.64. The van der Waals surface area contributed by atoms with E-state index in [1.165, 1.54) is 6.07 Å². The van der Waals surface area contributed by atoms with Gasteiger partial charge < -0.3 is 25.2 Å². The Kier molecular flexibility index (Phi) is 8.23. The zero-order valence-corrected chi connectivity index (χ0v) is 24.4. The lowest BCUT2D eigenvalue weighted by molar-refractivity contribution is -0.136. The molecule has 0 aliphatic carbocycles. The lowest BCUT2D eigenvalue weighted by Crippen LogP contribution is -2.30. The van der Waals surface area contributed by atoms with E-state index in [-0.39, 0.29) is 29.1 Å². The maximum Gasteiger partial charge on any atom is 0.307 e. The highest BCUT2D eigenvalue weighted by Gasteiger charge is 2.23. The summed E-state index contributed by atoms with van der Waals surface area (Å²) in [5.74, 6) is -1.93. The minimum atomic E-state index is -1.16. The van der Waals surface area contributed by atoms with Crippen LogP contribution in [0, 0.1) is 12.7 Å². The van der Waals surface area contributed by atoms with Gasteiger partial charge in [-0.3, -0.25) is 19.1 Å². The number of amides is 2. The van der Waals surface area contributed by atoms with Crippen LogP contribution in [0.4, 0.5) is 21.5 Å². The van der Waals surface area contributed by atoms with Crippen molar-refractivity contribution in [3.8, 4) is 0 Å². The number of hydrogen-bond donors (Lipinski definition) is 3. The number of aryl methyl sites for hydroxylation is 1. The van der Waals surface area contributed by atoms with E-state index in [2.05, 4.69) is 30.8 Å². The molecule has 0 atom stereocenters. The van der Waals surface area contributed by atoms with Crippen LogP contribution in [0.1, 0.15) is 57.4 Å². The molecule has 0 radical (unpaired) electrons. The summed E-state index contributed by atoms with van der Waals surface area (Å²) in [5, 5.41) is 24.1. The molecule has 12 nitrogen and oxygen atoms in total. The molecule has 2 aromatic heterocycles. The number of piperidine rings is 1. The second-order valence-electron chi connectivity index (χ2n) is 10.8. The molecule has 13 heteroatoms. The summed E-state index contributed by atoms with van der Waals surface area (Å²) in [4.78, 5) is 44.9. The fourth-order valence-corrected chi connectivity index (χ4v) is 5.51. The molecule has 0 spiro atoms. The number of rotatable bonds is 9. The Morgan fingerprint density at radius 1 is 0.956 bits per heavy atom. The van der Waals surface area contributed by atoms with Crippen LogP contribution in [0.25, 0.3) is 10.9 Å². The van der Waals surface area contributed by atoms with Gasteiger partial charge in [0.05, 0.1) is 23.3 Å². The second-order valence-corrected chi connectivity index (χ2v) is 10.8. The predicted octanol–water partition coefficient (Wildman–Crippen LogP) is 5.04. The lowest BCUT2D eigenvalue weighted by atomic mass is 10.1. The molecular formula is C32H30FN7O5. The maximum absolute atomic E-state index is 13.8. The number of benzene rings is 3. The summed E-state index contributed by atoms with van der Waals surface area (Å²) in [6.45, 7) is 3.49. The largest absolute Gasteiger partial charge is 0.481 e. The normalized spacial score (nSPS) is 13.2. The van der Waals surface area contributed by atoms with Gasteiger partial charge in [-0.15, -0.1) is 0 Å². The molecular weight excluding hydrogens is 581 g/mol. The maximum atomic E-state index is 13.8. The van der Waals surface area contributed by atoms with Gasteiger partial charge in [0.15, 0.2) is 11.5 Å². The van der Waals surface area contributed by atoms with E-state index in [1.807, 2.05) is 24.3 Å². The molecule has 45 heavy (non-hydrogen) atoms. The van der Waals surface area contributed by atoms with E-state index in [4.69, 9.17) is 4.52 Å². The van der Waals surface area contributed by atoms with Crippen molar-refractivity contribution >= 4 is 45.7 Å². The Labute approximate surface area is 256 Å². The molecule has 0 saturated carbocycles. The van der Waals surface area contributed by atoms with Crippen molar-refractivity contribution in [2.45, 2.75) is 39.2 Å². The van der Waals surface area contributed by atoms with Crippen molar-refractivity contribution in [3.05, 3.63) is 95.0 Å². The molecule has 2 amide bonds. The third kappa shape index (κ3) is 6.51. The van der Waals surface area contributed by atoms with Gasteiger partial charge in [-0.05, 0) is 67.3 Å². The molecule has 1 fully saturated rings. The van der Waals surface area contributed by atoms with Crippen LogP contribution in [0.3, 0.4) is 0 Å². The van der Waals surface area contributed by atoms with Crippen molar-refractivity contribution in [2.24, 2.45) is 0 Å². The fraction of sp³-hybridized carbons (Fsp3) is 0.250. The van der Waals surface area contributed by atoms with Crippen molar-refractivity contribution in [1.82, 2.24) is 19.9 Å².